The Morgan fingerprint density at radius 1 is 1.50 bits per heavy atom. The van der Waals surface area contributed by atoms with Crippen molar-refractivity contribution < 1.29 is 9.13 Å². The average molecular weight is 223 g/mol. The number of anilines is 1. The van der Waals surface area contributed by atoms with Crippen LogP contribution in [0.25, 0.3) is 0 Å². The van der Waals surface area contributed by atoms with E-state index in [1.54, 1.807) is 19.2 Å². The first-order chi connectivity index (χ1) is 7.70. The smallest absolute Gasteiger partial charge is 0.125 e. The topological polar surface area (TPSA) is 21.3 Å². The minimum Gasteiger partial charge on any atom is -0.383 e. The Morgan fingerprint density at radius 2 is 2.25 bits per heavy atom. The molecule has 0 heterocycles. The molecule has 0 radical (unpaired) electrons. The van der Waals surface area contributed by atoms with Crippen LogP contribution >= 0.6 is 0 Å². The Labute approximate surface area is 95.8 Å². The molecular formula is C13H18FNO. The van der Waals surface area contributed by atoms with E-state index >= 15 is 0 Å². The first kappa shape index (κ1) is 11.4. The lowest BCUT2D eigenvalue weighted by Gasteiger charge is -2.20. The summed E-state index contributed by atoms with van der Waals surface area (Å²) < 4.78 is 18.3. The molecule has 16 heavy (non-hydrogen) atoms. The van der Waals surface area contributed by atoms with E-state index in [4.69, 9.17) is 4.74 Å². The quantitative estimate of drug-likeness (QED) is 0.828. The van der Waals surface area contributed by atoms with Crippen molar-refractivity contribution in [2.24, 2.45) is 5.92 Å². The lowest BCUT2D eigenvalue weighted by molar-refractivity contribution is 0.179. The molecule has 3 heteroatoms. The second kappa shape index (κ2) is 4.83. The summed E-state index contributed by atoms with van der Waals surface area (Å²) in [6.45, 7) is 2.67. The molecule has 2 nitrogen and oxygen atoms in total. The standard InChI is InChI=1S/C13H18FNO/c1-9-3-6-11(14)7-12(9)15-13(8-16-2)10-4-5-10/h3,6-7,10,13,15H,4-5,8H2,1-2H3. The molecule has 0 aromatic heterocycles. The molecule has 2 rings (SSSR count). The molecule has 0 saturated heterocycles. The third-order valence-corrected chi connectivity index (χ3v) is 3.08. The zero-order valence-corrected chi connectivity index (χ0v) is 9.79. The second-order valence-corrected chi connectivity index (χ2v) is 4.50. The Bertz CT molecular complexity index is 363. The first-order valence-electron chi connectivity index (χ1n) is 5.72. The van der Waals surface area contributed by atoms with Gasteiger partial charge in [0.2, 0.25) is 0 Å². The van der Waals surface area contributed by atoms with Gasteiger partial charge in [-0.15, -0.1) is 0 Å². The van der Waals surface area contributed by atoms with Gasteiger partial charge in [-0.3, -0.25) is 0 Å². The average Bonchev–Trinajstić information content (AvgIpc) is 3.06. The molecular weight excluding hydrogens is 205 g/mol. The summed E-state index contributed by atoms with van der Waals surface area (Å²) in [5.41, 5.74) is 1.96. The van der Waals surface area contributed by atoms with E-state index in [2.05, 4.69) is 5.32 Å². The Hall–Kier alpha value is -1.09. The van der Waals surface area contributed by atoms with E-state index in [0.29, 0.717) is 18.6 Å². The highest BCUT2D eigenvalue weighted by molar-refractivity contribution is 5.51. The van der Waals surface area contributed by atoms with Crippen molar-refractivity contribution in [1.82, 2.24) is 0 Å². The fourth-order valence-corrected chi connectivity index (χ4v) is 1.92. The number of aryl methyl sites for hydroxylation is 1. The maximum Gasteiger partial charge on any atom is 0.125 e. The highest BCUT2D eigenvalue weighted by atomic mass is 19.1. The van der Waals surface area contributed by atoms with Crippen LogP contribution in [0.5, 0.6) is 0 Å². The minimum absolute atomic E-state index is 0.194. The van der Waals surface area contributed by atoms with Crippen LogP contribution in [0.2, 0.25) is 0 Å². The van der Waals surface area contributed by atoms with Crippen molar-refractivity contribution in [2.45, 2.75) is 25.8 Å². The molecule has 0 aliphatic heterocycles. The number of rotatable bonds is 5. The monoisotopic (exact) mass is 223 g/mol. The maximum atomic E-state index is 13.1. The summed E-state index contributed by atoms with van der Waals surface area (Å²) in [6, 6.07) is 5.16. The summed E-state index contributed by atoms with van der Waals surface area (Å²) >= 11 is 0. The van der Waals surface area contributed by atoms with Crippen LogP contribution in [0.4, 0.5) is 10.1 Å². The number of methoxy groups -OCH3 is 1. The van der Waals surface area contributed by atoms with Crippen molar-refractivity contribution in [3.8, 4) is 0 Å². The lowest BCUT2D eigenvalue weighted by atomic mass is 10.1. The molecule has 1 aromatic carbocycles. The highest BCUT2D eigenvalue weighted by Crippen LogP contribution is 2.34. The van der Waals surface area contributed by atoms with Gasteiger partial charge in [-0.25, -0.2) is 4.39 Å². The number of hydrogen-bond acceptors (Lipinski definition) is 2. The normalized spacial score (nSPS) is 17.2. The van der Waals surface area contributed by atoms with Gasteiger partial charge in [-0.2, -0.15) is 0 Å². The summed E-state index contributed by atoms with van der Waals surface area (Å²) in [5.74, 6) is 0.489. The van der Waals surface area contributed by atoms with E-state index in [0.717, 1.165) is 11.3 Å². The largest absolute Gasteiger partial charge is 0.383 e. The molecule has 1 aliphatic rings. The van der Waals surface area contributed by atoms with Crippen LogP contribution in [0.3, 0.4) is 0 Å². The summed E-state index contributed by atoms with van der Waals surface area (Å²) in [7, 11) is 1.70. The molecule has 0 spiro atoms. The third-order valence-electron chi connectivity index (χ3n) is 3.08. The fraction of sp³-hybridized carbons (Fsp3) is 0.538. The van der Waals surface area contributed by atoms with Crippen LogP contribution in [0, 0.1) is 18.7 Å². The van der Waals surface area contributed by atoms with Crippen LogP contribution in [0.1, 0.15) is 18.4 Å². The predicted molar refractivity (Wildman–Crippen MR) is 63.1 cm³/mol. The van der Waals surface area contributed by atoms with Gasteiger partial charge in [0.25, 0.3) is 0 Å². The van der Waals surface area contributed by atoms with Crippen molar-refractivity contribution in [2.75, 3.05) is 19.0 Å². The minimum atomic E-state index is -0.194. The second-order valence-electron chi connectivity index (χ2n) is 4.50. The highest BCUT2D eigenvalue weighted by Gasteiger charge is 2.31. The SMILES string of the molecule is COCC(Nc1cc(F)ccc1C)C1CC1. The summed E-state index contributed by atoms with van der Waals surface area (Å²) in [5, 5.41) is 3.39. The van der Waals surface area contributed by atoms with E-state index in [-0.39, 0.29) is 5.82 Å². The molecule has 1 saturated carbocycles. The number of ether oxygens (including phenoxy) is 1. The molecule has 88 valence electrons. The Morgan fingerprint density at radius 3 is 2.88 bits per heavy atom. The molecule has 1 fully saturated rings. The molecule has 1 unspecified atom stereocenters. The van der Waals surface area contributed by atoms with Gasteiger partial charge < -0.3 is 10.1 Å². The van der Waals surface area contributed by atoms with Crippen molar-refractivity contribution in [1.29, 1.82) is 0 Å². The van der Waals surface area contributed by atoms with E-state index in [1.165, 1.54) is 18.9 Å². The third kappa shape index (κ3) is 2.73. The fourth-order valence-electron chi connectivity index (χ4n) is 1.92. The van der Waals surface area contributed by atoms with Gasteiger partial charge >= 0.3 is 0 Å². The van der Waals surface area contributed by atoms with Crippen LogP contribution in [0.15, 0.2) is 18.2 Å². The van der Waals surface area contributed by atoms with Crippen molar-refractivity contribution in [3.63, 3.8) is 0 Å². The van der Waals surface area contributed by atoms with Gasteiger partial charge in [-0.1, -0.05) is 6.07 Å². The van der Waals surface area contributed by atoms with E-state index in [1.807, 2.05) is 6.92 Å². The van der Waals surface area contributed by atoms with Crippen LogP contribution < -0.4 is 5.32 Å². The molecule has 1 N–H and O–H groups in total. The number of hydrogen-bond donors (Lipinski definition) is 1. The molecule has 0 bridgehead atoms. The van der Waals surface area contributed by atoms with E-state index < -0.39 is 0 Å². The van der Waals surface area contributed by atoms with Gasteiger partial charge in [0, 0.05) is 12.8 Å². The zero-order chi connectivity index (χ0) is 11.5. The van der Waals surface area contributed by atoms with E-state index in [9.17, 15) is 4.39 Å². The van der Waals surface area contributed by atoms with Crippen LogP contribution in [-0.4, -0.2) is 19.8 Å². The molecule has 0 amide bonds. The van der Waals surface area contributed by atoms with Crippen molar-refractivity contribution >= 4 is 5.69 Å². The zero-order valence-electron chi connectivity index (χ0n) is 9.79. The lowest BCUT2D eigenvalue weighted by Crippen LogP contribution is -2.27. The summed E-state index contributed by atoms with van der Waals surface area (Å²) in [4.78, 5) is 0. The predicted octanol–water partition coefficient (Wildman–Crippen LogP) is 2.97. The summed E-state index contributed by atoms with van der Waals surface area (Å²) in [6.07, 6.45) is 2.49. The number of halogens is 1. The Balaban J connectivity index is 2.08. The van der Waals surface area contributed by atoms with Gasteiger partial charge in [0.15, 0.2) is 0 Å². The van der Waals surface area contributed by atoms with Gasteiger partial charge in [0.1, 0.15) is 5.82 Å². The van der Waals surface area contributed by atoms with Crippen LogP contribution in [-0.2, 0) is 4.74 Å². The molecule has 1 aliphatic carbocycles. The van der Waals surface area contributed by atoms with Crippen molar-refractivity contribution in [3.05, 3.63) is 29.6 Å². The molecule has 1 aromatic rings. The molecule has 1 atom stereocenters. The maximum absolute atomic E-state index is 13.1. The first-order valence-corrected chi connectivity index (χ1v) is 5.72. The van der Waals surface area contributed by atoms with Gasteiger partial charge in [0.05, 0.1) is 12.6 Å². The Kier molecular flexibility index (Phi) is 3.44. The number of nitrogens with one attached hydrogen (secondary N) is 1. The number of benzene rings is 1. The van der Waals surface area contributed by atoms with Gasteiger partial charge in [-0.05, 0) is 43.4 Å².